The number of rotatable bonds is 2. The Morgan fingerprint density at radius 2 is 2.11 bits per heavy atom. The van der Waals surface area contributed by atoms with E-state index in [4.69, 9.17) is 10.3 Å². The summed E-state index contributed by atoms with van der Waals surface area (Å²) in [5.41, 5.74) is 3.49. The monoisotopic (exact) mass is 247 g/mol. The third kappa shape index (κ3) is 2.23. The molecule has 1 atom stereocenters. The molecule has 0 radical (unpaired) electrons. The largest absolute Gasteiger partial charge is 0.481 e. The van der Waals surface area contributed by atoms with Crippen molar-refractivity contribution in [1.82, 2.24) is 0 Å². The summed E-state index contributed by atoms with van der Waals surface area (Å²) in [7, 11) is 0. The number of hydrogen-bond donors (Lipinski definition) is 2. The molecule has 0 saturated carbocycles. The summed E-state index contributed by atoms with van der Waals surface area (Å²) >= 11 is 0. The lowest BCUT2D eigenvalue weighted by molar-refractivity contribution is -0.141. The van der Waals surface area contributed by atoms with Crippen LogP contribution >= 0.6 is 0 Å². The predicted molar refractivity (Wildman–Crippen MR) is 68.3 cm³/mol. The molecule has 0 saturated heterocycles. The van der Waals surface area contributed by atoms with Crippen LogP contribution in [0.4, 0.5) is 0 Å². The summed E-state index contributed by atoms with van der Waals surface area (Å²) in [6.45, 7) is 4.20. The molecule has 0 amide bonds. The third-order valence-electron chi connectivity index (χ3n) is 3.49. The van der Waals surface area contributed by atoms with Gasteiger partial charge in [-0.25, -0.2) is 0 Å². The molecule has 1 unspecified atom stereocenters. The van der Waals surface area contributed by atoms with Gasteiger partial charge in [-0.15, -0.1) is 0 Å². The highest BCUT2D eigenvalue weighted by atomic mass is 16.4. The van der Waals surface area contributed by atoms with E-state index < -0.39 is 11.9 Å². The normalized spacial score (nSPS) is 21.1. The number of carboxylic acid groups (broad SMARTS) is 1. The average molecular weight is 247 g/mol. The fourth-order valence-electron chi connectivity index (χ4n) is 2.35. The van der Waals surface area contributed by atoms with Crippen LogP contribution in [0, 0.1) is 5.92 Å². The van der Waals surface area contributed by atoms with Crippen molar-refractivity contribution in [3.8, 4) is 0 Å². The van der Waals surface area contributed by atoms with Gasteiger partial charge in [0, 0.05) is 12.0 Å². The highest BCUT2D eigenvalue weighted by Gasteiger charge is 2.29. The van der Waals surface area contributed by atoms with Crippen LogP contribution in [0.3, 0.4) is 0 Å². The number of carboxylic acids is 1. The molecule has 1 aromatic carbocycles. The number of hydrogen-bond acceptors (Lipinski definition) is 3. The molecular weight excluding hydrogens is 230 g/mol. The zero-order valence-corrected chi connectivity index (χ0v) is 10.6. The van der Waals surface area contributed by atoms with Gasteiger partial charge in [0.15, 0.2) is 0 Å². The van der Waals surface area contributed by atoms with Crippen LogP contribution in [-0.2, 0) is 11.2 Å². The van der Waals surface area contributed by atoms with E-state index >= 15 is 0 Å². The maximum absolute atomic E-state index is 11.1. The van der Waals surface area contributed by atoms with Gasteiger partial charge in [-0.2, -0.15) is 0 Å². The van der Waals surface area contributed by atoms with Crippen LogP contribution in [0.25, 0.3) is 0 Å². The Bertz CT molecular complexity index is 506. The van der Waals surface area contributed by atoms with Crippen molar-refractivity contribution in [2.24, 2.45) is 11.1 Å². The minimum atomic E-state index is -0.838. The maximum atomic E-state index is 11.1. The SMILES string of the molecule is CC(C)c1ccc2c(c1)/C(=N\O)CC(C(=O)O)C2. The quantitative estimate of drug-likeness (QED) is 0.623. The van der Waals surface area contributed by atoms with Crippen LogP contribution in [0.15, 0.2) is 23.4 Å². The third-order valence-corrected chi connectivity index (χ3v) is 3.49. The Morgan fingerprint density at radius 1 is 1.39 bits per heavy atom. The molecule has 1 aliphatic rings. The Balaban J connectivity index is 2.45. The van der Waals surface area contributed by atoms with Crippen molar-refractivity contribution in [2.45, 2.75) is 32.6 Å². The molecule has 2 N–H and O–H groups in total. The number of benzene rings is 1. The van der Waals surface area contributed by atoms with Gasteiger partial charge < -0.3 is 10.3 Å². The number of carbonyl (C=O) groups is 1. The van der Waals surface area contributed by atoms with Gasteiger partial charge in [-0.05, 0) is 29.5 Å². The molecule has 18 heavy (non-hydrogen) atoms. The predicted octanol–water partition coefficient (Wildman–Crippen LogP) is 2.64. The Morgan fingerprint density at radius 3 is 2.67 bits per heavy atom. The first-order valence-corrected chi connectivity index (χ1v) is 6.10. The molecule has 96 valence electrons. The summed E-state index contributed by atoms with van der Waals surface area (Å²) in [5, 5.41) is 21.4. The summed E-state index contributed by atoms with van der Waals surface area (Å²) in [5.74, 6) is -0.935. The molecule has 4 nitrogen and oxygen atoms in total. The van der Waals surface area contributed by atoms with Crippen molar-refractivity contribution in [1.29, 1.82) is 0 Å². The first-order chi connectivity index (χ1) is 8.52. The van der Waals surface area contributed by atoms with Crippen molar-refractivity contribution in [2.75, 3.05) is 0 Å². The van der Waals surface area contributed by atoms with Gasteiger partial charge >= 0.3 is 5.97 Å². The lowest BCUT2D eigenvalue weighted by Gasteiger charge is -2.23. The Hall–Kier alpha value is -1.84. The summed E-state index contributed by atoms with van der Waals surface area (Å²) in [4.78, 5) is 11.1. The summed E-state index contributed by atoms with van der Waals surface area (Å²) in [6.07, 6.45) is 0.794. The number of aliphatic carboxylic acids is 1. The molecule has 4 heteroatoms. The second kappa shape index (κ2) is 4.80. The molecule has 1 aromatic rings. The fourth-order valence-corrected chi connectivity index (χ4v) is 2.35. The Labute approximate surface area is 106 Å². The van der Waals surface area contributed by atoms with Crippen molar-refractivity contribution < 1.29 is 15.1 Å². The standard InChI is InChI=1S/C14H17NO3/c1-8(2)9-3-4-10-5-11(14(16)17)7-13(15-18)12(10)6-9/h3-4,6,8,11,18H,5,7H2,1-2H3,(H,16,17)/b15-13-. The van der Waals surface area contributed by atoms with E-state index in [0.717, 1.165) is 11.1 Å². The van der Waals surface area contributed by atoms with Gasteiger partial charge in [-0.3, -0.25) is 4.79 Å². The Kier molecular flexibility index (Phi) is 3.36. The second-order valence-corrected chi connectivity index (χ2v) is 5.06. The highest BCUT2D eigenvalue weighted by Crippen LogP contribution is 2.29. The van der Waals surface area contributed by atoms with E-state index in [0.29, 0.717) is 24.5 Å². The first kappa shape index (κ1) is 12.6. The molecule has 0 aliphatic heterocycles. The lowest BCUT2D eigenvalue weighted by atomic mass is 9.81. The van der Waals surface area contributed by atoms with E-state index in [2.05, 4.69) is 19.0 Å². The highest BCUT2D eigenvalue weighted by molar-refractivity contribution is 6.04. The zero-order chi connectivity index (χ0) is 13.3. The van der Waals surface area contributed by atoms with Gasteiger partial charge in [-0.1, -0.05) is 31.1 Å². The molecule has 0 spiro atoms. The van der Waals surface area contributed by atoms with Crippen molar-refractivity contribution in [3.63, 3.8) is 0 Å². The van der Waals surface area contributed by atoms with Crippen molar-refractivity contribution >= 4 is 11.7 Å². The molecule has 1 aliphatic carbocycles. The molecular formula is C14H17NO3. The number of fused-ring (bicyclic) bond motifs is 1. The molecule has 0 aromatic heterocycles. The number of oxime groups is 1. The topological polar surface area (TPSA) is 69.9 Å². The molecule has 0 heterocycles. The van der Waals surface area contributed by atoms with E-state index in [1.165, 1.54) is 5.56 Å². The summed E-state index contributed by atoms with van der Waals surface area (Å²) < 4.78 is 0. The van der Waals surface area contributed by atoms with E-state index in [9.17, 15) is 4.79 Å². The van der Waals surface area contributed by atoms with Gasteiger partial charge in [0.1, 0.15) is 0 Å². The van der Waals surface area contributed by atoms with Crippen LogP contribution < -0.4 is 0 Å². The smallest absolute Gasteiger partial charge is 0.307 e. The molecule has 0 fully saturated rings. The summed E-state index contributed by atoms with van der Waals surface area (Å²) in [6, 6.07) is 5.97. The second-order valence-electron chi connectivity index (χ2n) is 5.06. The van der Waals surface area contributed by atoms with Crippen LogP contribution in [0.2, 0.25) is 0 Å². The maximum Gasteiger partial charge on any atom is 0.307 e. The molecule has 0 bridgehead atoms. The van der Waals surface area contributed by atoms with Crippen molar-refractivity contribution in [3.05, 3.63) is 34.9 Å². The van der Waals surface area contributed by atoms with Gasteiger partial charge in [0.2, 0.25) is 0 Å². The van der Waals surface area contributed by atoms with Crippen LogP contribution in [0.1, 0.15) is 42.9 Å². The van der Waals surface area contributed by atoms with E-state index in [1.807, 2.05) is 18.2 Å². The van der Waals surface area contributed by atoms with Gasteiger partial charge in [0.05, 0.1) is 11.6 Å². The fraction of sp³-hybridized carbons (Fsp3) is 0.429. The molecule has 2 rings (SSSR count). The van der Waals surface area contributed by atoms with E-state index in [1.54, 1.807) is 0 Å². The first-order valence-electron chi connectivity index (χ1n) is 6.10. The average Bonchev–Trinajstić information content (AvgIpc) is 2.36. The van der Waals surface area contributed by atoms with E-state index in [-0.39, 0.29) is 0 Å². The van der Waals surface area contributed by atoms with Crippen LogP contribution in [0.5, 0.6) is 0 Å². The zero-order valence-electron chi connectivity index (χ0n) is 10.6. The number of nitrogens with zero attached hydrogens (tertiary/aromatic N) is 1. The minimum Gasteiger partial charge on any atom is -0.481 e. The van der Waals surface area contributed by atoms with Crippen LogP contribution in [-0.4, -0.2) is 22.0 Å². The lowest BCUT2D eigenvalue weighted by Crippen LogP contribution is -2.27. The van der Waals surface area contributed by atoms with Gasteiger partial charge in [0.25, 0.3) is 0 Å². The minimum absolute atomic E-state index is 0.292.